The van der Waals surface area contributed by atoms with Gasteiger partial charge >= 0.3 is 0 Å². The van der Waals surface area contributed by atoms with Gasteiger partial charge in [-0.05, 0) is 43.2 Å². The van der Waals surface area contributed by atoms with Gasteiger partial charge in [0.2, 0.25) is 5.88 Å². The van der Waals surface area contributed by atoms with Crippen LogP contribution >= 0.6 is 0 Å². The Morgan fingerprint density at radius 1 is 1.53 bits per heavy atom. The van der Waals surface area contributed by atoms with Crippen molar-refractivity contribution < 1.29 is 4.74 Å². The first kappa shape index (κ1) is 11.2. The van der Waals surface area contributed by atoms with Crippen molar-refractivity contribution in [1.82, 2.24) is 0 Å². The van der Waals surface area contributed by atoms with Crippen molar-refractivity contribution in [2.75, 3.05) is 5.73 Å². The Morgan fingerprint density at radius 2 is 2.35 bits per heavy atom. The van der Waals surface area contributed by atoms with Crippen LogP contribution in [-0.4, -0.2) is 6.21 Å². The molecular weight excluding hydrogens is 214 g/mol. The summed E-state index contributed by atoms with van der Waals surface area (Å²) in [6.45, 7) is 1.93. The van der Waals surface area contributed by atoms with Crippen molar-refractivity contribution in [2.24, 2.45) is 10.9 Å². The second-order valence-corrected chi connectivity index (χ2v) is 3.92. The van der Waals surface area contributed by atoms with E-state index in [1.807, 2.05) is 25.1 Å². The number of nitrogens with zero attached hydrogens (tertiary/aromatic N) is 2. The zero-order valence-corrected chi connectivity index (χ0v) is 9.55. The van der Waals surface area contributed by atoms with Crippen molar-refractivity contribution in [3.63, 3.8) is 0 Å². The molecule has 0 aromatic heterocycles. The van der Waals surface area contributed by atoms with E-state index in [2.05, 4.69) is 11.1 Å². The van der Waals surface area contributed by atoms with Gasteiger partial charge in [0.25, 0.3) is 0 Å². The van der Waals surface area contributed by atoms with E-state index in [9.17, 15) is 0 Å². The molecule has 4 heteroatoms. The lowest BCUT2D eigenvalue weighted by Gasteiger charge is -2.12. The number of hydrogen-bond acceptors (Lipinski definition) is 4. The number of hydrogen-bond donors (Lipinski definition) is 1. The summed E-state index contributed by atoms with van der Waals surface area (Å²) in [6.07, 6.45) is 4.08. The van der Waals surface area contributed by atoms with Crippen LogP contribution in [0.15, 0.2) is 35.2 Å². The van der Waals surface area contributed by atoms with Gasteiger partial charge in [0.15, 0.2) is 0 Å². The normalized spacial score (nSPS) is 18.4. The van der Waals surface area contributed by atoms with E-state index in [0.29, 0.717) is 18.0 Å². The summed E-state index contributed by atoms with van der Waals surface area (Å²) in [5.74, 6) is 1.12. The number of nitriles is 1. The second-order valence-electron chi connectivity index (χ2n) is 3.92. The van der Waals surface area contributed by atoms with Crippen LogP contribution in [0.1, 0.15) is 12.0 Å². The standard InChI is InChI=1S/C13H13N3O/c1-9-6-11(15)3-4-12(9)17-13-5-2-10(7-14)8-16-13/h3-6,8,10H,2,15H2,1H3. The van der Waals surface area contributed by atoms with Gasteiger partial charge < -0.3 is 10.5 Å². The topological polar surface area (TPSA) is 71.4 Å². The molecule has 17 heavy (non-hydrogen) atoms. The van der Waals surface area contributed by atoms with Crippen LogP contribution in [0.5, 0.6) is 5.75 Å². The Balaban J connectivity index is 2.11. The van der Waals surface area contributed by atoms with Gasteiger partial charge in [-0.2, -0.15) is 5.26 Å². The van der Waals surface area contributed by atoms with Gasteiger partial charge in [-0.1, -0.05) is 0 Å². The lowest BCUT2D eigenvalue weighted by Crippen LogP contribution is -2.06. The number of aryl methyl sites for hydroxylation is 1. The molecule has 0 spiro atoms. The number of nitrogen functional groups attached to an aromatic ring is 1. The average molecular weight is 227 g/mol. The summed E-state index contributed by atoms with van der Waals surface area (Å²) in [5.41, 5.74) is 7.33. The van der Waals surface area contributed by atoms with E-state index in [4.69, 9.17) is 15.7 Å². The minimum Gasteiger partial charge on any atom is -0.439 e. The molecule has 0 fully saturated rings. The fourth-order valence-electron chi connectivity index (χ4n) is 1.56. The van der Waals surface area contributed by atoms with Crippen molar-refractivity contribution >= 4 is 11.9 Å². The van der Waals surface area contributed by atoms with E-state index in [0.717, 1.165) is 11.3 Å². The number of ether oxygens (including phenoxy) is 1. The summed E-state index contributed by atoms with van der Waals surface area (Å²) >= 11 is 0. The zero-order valence-electron chi connectivity index (χ0n) is 9.55. The molecule has 1 atom stereocenters. The van der Waals surface area contributed by atoms with E-state index in [1.165, 1.54) is 0 Å². The Hall–Kier alpha value is -2.28. The maximum absolute atomic E-state index is 8.72. The molecule has 1 aromatic carbocycles. The van der Waals surface area contributed by atoms with Crippen LogP contribution in [-0.2, 0) is 0 Å². The van der Waals surface area contributed by atoms with Crippen LogP contribution < -0.4 is 10.5 Å². The number of aliphatic imine (C=N–C) groups is 1. The molecule has 1 aliphatic rings. The zero-order chi connectivity index (χ0) is 12.3. The summed E-state index contributed by atoms with van der Waals surface area (Å²) in [4.78, 5) is 4.10. The van der Waals surface area contributed by atoms with Gasteiger partial charge in [-0.3, -0.25) is 0 Å². The number of anilines is 1. The lowest BCUT2D eigenvalue weighted by atomic mass is 10.1. The van der Waals surface area contributed by atoms with Crippen molar-refractivity contribution in [3.05, 3.63) is 35.7 Å². The first-order valence-corrected chi connectivity index (χ1v) is 5.37. The highest BCUT2D eigenvalue weighted by atomic mass is 16.5. The first-order valence-electron chi connectivity index (χ1n) is 5.37. The quantitative estimate of drug-likeness (QED) is 0.788. The maximum atomic E-state index is 8.72. The predicted octanol–water partition coefficient (Wildman–Crippen LogP) is 2.41. The highest BCUT2D eigenvalue weighted by Crippen LogP contribution is 2.24. The second kappa shape index (κ2) is 4.71. The van der Waals surface area contributed by atoms with Gasteiger partial charge in [-0.15, -0.1) is 0 Å². The maximum Gasteiger partial charge on any atom is 0.214 e. The van der Waals surface area contributed by atoms with Crippen LogP contribution in [0.3, 0.4) is 0 Å². The Morgan fingerprint density at radius 3 is 2.94 bits per heavy atom. The molecule has 2 N–H and O–H groups in total. The van der Waals surface area contributed by atoms with Crippen LogP contribution in [0, 0.1) is 24.2 Å². The minimum absolute atomic E-state index is 0.144. The third-order valence-corrected chi connectivity index (χ3v) is 2.51. The van der Waals surface area contributed by atoms with E-state index < -0.39 is 0 Å². The van der Waals surface area contributed by atoms with Gasteiger partial charge in [-0.25, -0.2) is 4.99 Å². The molecule has 0 amide bonds. The molecule has 1 heterocycles. The fraction of sp³-hybridized carbons (Fsp3) is 0.231. The fourth-order valence-corrected chi connectivity index (χ4v) is 1.56. The molecule has 0 saturated carbocycles. The molecule has 1 aliphatic heterocycles. The molecule has 2 rings (SSSR count). The summed E-state index contributed by atoms with van der Waals surface area (Å²) in [7, 11) is 0. The monoisotopic (exact) mass is 227 g/mol. The first-order chi connectivity index (χ1) is 8.19. The average Bonchev–Trinajstić information content (AvgIpc) is 2.34. The van der Waals surface area contributed by atoms with Gasteiger partial charge in [0.05, 0.1) is 12.0 Å². The van der Waals surface area contributed by atoms with Gasteiger partial charge in [0, 0.05) is 11.9 Å². The molecule has 0 saturated heterocycles. The Labute approximate surface area is 100 Å². The van der Waals surface area contributed by atoms with E-state index >= 15 is 0 Å². The number of nitrogens with two attached hydrogens (primary N) is 1. The number of rotatable bonds is 2. The van der Waals surface area contributed by atoms with Crippen LogP contribution in [0.2, 0.25) is 0 Å². The van der Waals surface area contributed by atoms with Crippen molar-refractivity contribution in [2.45, 2.75) is 13.3 Å². The molecule has 0 aliphatic carbocycles. The third kappa shape index (κ3) is 2.64. The highest BCUT2D eigenvalue weighted by Gasteiger charge is 2.10. The molecule has 1 unspecified atom stereocenters. The SMILES string of the molecule is Cc1cc(N)ccc1OC1=CCC(C#N)C=N1. The van der Waals surface area contributed by atoms with E-state index in [1.54, 1.807) is 12.3 Å². The number of benzene rings is 1. The Kier molecular flexibility index (Phi) is 3.10. The minimum atomic E-state index is -0.144. The summed E-state index contributed by atoms with van der Waals surface area (Å²) in [6, 6.07) is 7.59. The van der Waals surface area contributed by atoms with Crippen molar-refractivity contribution in [3.8, 4) is 11.8 Å². The predicted molar refractivity (Wildman–Crippen MR) is 66.5 cm³/mol. The molecule has 86 valence electrons. The van der Waals surface area contributed by atoms with Gasteiger partial charge in [0.1, 0.15) is 5.75 Å². The molecule has 1 aromatic rings. The number of allylic oxidation sites excluding steroid dienone is 1. The molecule has 4 nitrogen and oxygen atoms in total. The molecule has 0 radical (unpaired) electrons. The van der Waals surface area contributed by atoms with Crippen LogP contribution in [0.4, 0.5) is 5.69 Å². The van der Waals surface area contributed by atoms with Crippen molar-refractivity contribution in [1.29, 1.82) is 5.26 Å². The summed E-state index contributed by atoms with van der Waals surface area (Å²) < 4.78 is 5.63. The third-order valence-electron chi connectivity index (χ3n) is 2.51. The lowest BCUT2D eigenvalue weighted by molar-refractivity contribution is 0.412. The summed E-state index contributed by atoms with van der Waals surface area (Å²) in [5, 5.41) is 8.72. The smallest absolute Gasteiger partial charge is 0.214 e. The van der Waals surface area contributed by atoms with E-state index in [-0.39, 0.29) is 5.92 Å². The highest BCUT2D eigenvalue weighted by molar-refractivity contribution is 5.67. The molecular formula is C13H13N3O. The largest absolute Gasteiger partial charge is 0.439 e. The molecule has 0 bridgehead atoms. The van der Waals surface area contributed by atoms with Crippen LogP contribution in [0.25, 0.3) is 0 Å². The Bertz CT molecular complexity index is 526.